The molecule has 0 spiro atoms. The van der Waals surface area contributed by atoms with Crippen LogP contribution in [0.4, 0.5) is 10.9 Å². The Balaban J connectivity index is 1.72. The second-order valence-electron chi connectivity index (χ2n) is 8.35. The van der Waals surface area contributed by atoms with Crippen molar-refractivity contribution in [2.24, 2.45) is 0 Å². The quantitative estimate of drug-likeness (QED) is 0.725. The summed E-state index contributed by atoms with van der Waals surface area (Å²) >= 11 is 1.37. The molecule has 3 heterocycles. The molecule has 0 aliphatic carbocycles. The normalized spacial score (nSPS) is 17.6. The first kappa shape index (κ1) is 21.1. The van der Waals surface area contributed by atoms with Crippen LogP contribution in [0.15, 0.2) is 11.4 Å². The number of aromatic nitrogens is 3. The minimum atomic E-state index is -0.313. The zero-order chi connectivity index (χ0) is 21.0. The lowest BCUT2D eigenvalue weighted by molar-refractivity contribution is 0.0915. The number of nitriles is 1. The molecular formula is C20H27N7OS. The Labute approximate surface area is 175 Å². The number of aryl methyl sites for hydroxylation is 1. The van der Waals surface area contributed by atoms with Crippen molar-refractivity contribution in [3.63, 3.8) is 0 Å². The van der Waals surface area contributed by atoms with Crippen LogP contribution in [0, 0.1) is 18.3 Å². The first-order valence-corrected chi connectivity index (χ1v) is 10.6. The molecule has 1 aliphatic rings. The van der Waals surface area contributed by atoms with E-state index in [2.05, 4.69) is 31.6 Å². The van der Waals surface area contributed by atoms with Gasteiger partial charge in [0.2, 0.25) is 0 Å². The van der Waals surface area contributed by atoms with E-state index in [9.17, 15) is 4.79 Å². The lowest BCUT2D eigenvalue weighted by atomic mass is 9.97. The van der Waals surface area contributed by atoms with E-state index in [0.29, 0.717) is 23.2 Å². The zero-order valence-electron chi connectivity index (χ0n) is 17.3. The molecule has 29 heavy (non-hydrogen) atoms. The summed E-state index contributed by atoms with van der Waals surface area (Å²) in [6.45, 7) is 9.92. The summed E-state index contributed by atoms with van der Waals surface area (Å²) < 4.78 is 0. The standard InChI is InChI=1S/C20H27N7OS/c1-13-10-16(24-17(22-13)14-6-5-8-27(11-14)9-7-21)25-19-23-15(12-29-19)18(28)26-20(2,3)4/h10,12,14H,5-6,8-9,11H2,1-4H3,(H,26,28)(H,22,23,24,25)/t14-/m0/s1. The summed E-state index contributed by atoms with van der Waals surface area (Å²) in [5.74, 6) is 1.47. The van der Waals surface area contributed by atoms with Gasteiger partial charge in [0.05, 0.1) is 12.6 Å². The van der Waals surface area contributed by atoms with Gasteiger partial charge in [-0.1, -0.05) is 0 Å². The van der Waals surface area contributed by atoms with Gasteiger partial charge >= 0.3 is 0 Å². The highest BCUT2D eigenvalue weighted by atomic mass is 32.1. The minimum absolute atomic E-state index is 0.193. The Morgan fingerprint density at radius 2 is 2.17 bits per heavy atom. The fraction of sp³-hybridized carbons (Fsp3) is 0.550. The molecule has 1 atom stereocenters. The van der Waals surface area contributed by atoms with Crippen LogP contribution in [0.1, 0.15) is 61.5 Å². The second kappa shape index (κ2) is 8.84. The third kappa shape index (κ3) is 5.95. The number of anilines is 2. The van der Waals surface area contributed by atoms with Gasteiger partial charge < -0.3 is 10.6 Å². The molecule has 8 nitrogen and oxygen atoms in total. The van der Waals surface area contributed by atoms with Crippen LogP contribution in [0.5, 0.6) is 0 Å². The van der Waals surface area contributed by atoms with Crippen LogP contribution in [0.25, 0.3) is 0 Å². The summed E-state index contributed by atoms with van der Waals surface area (Å²) in [5.41, 5.74) is 0.946. The van der Waals surface area contributed by atoms with Gasteiger partial charge in [0.25, 0.3) is 5.91 Å². The summed E-state index contributed by atoms with van der Waals surface area (Å²) in [6.07, 6.45) is 2.05. The van der Waals surface area contributed by atoms with E-state index in [0.717, 1.165) is 37.4 Å². The largest absolute Gasteiger partial charge is 0.346 e. The highest BCUT2D eigenvalue weighted by molar-refractivity contribution is 7.14. The fourth-order valence-corrected chi connectivity index (χ4v) is 4.00. The van der Waals surface area contributed by atoms with Crippen molar-refractivity contribution in [1.29, 1.82) is 5.26 Å². The molecule has 9 heteroatoms. The van der Waals surface area contributed by atoms with Crippen LogP contribution in [-0.2, 0) is 0 Å². The Morgan fingerprint density at radius 3 is 2.90 bits per heavy atom. The highest BCUT2D eigenvalue weighted by Crippen LogP contribution is 2.27. The average molecular weight is 414 g/mol. The molecular weight excluding hydrogens is 386 g/mol. The first-order chi connectivity index (χ1) is 13.7. The SMILES string of the molecule is Cc1cc(Nc2nc(C(=O)NC(C)(C)C)cs2)nc([C@H]2CCCN(CC#N)C2)n1. The number of nitrogens with one attached hydrogen (secondary N) is 2. The van der Waals surface area contributed by atoms with Crippen molar-refractivity contribution >= 4 is 28.2 Å². The monoisotopic (exact) mass is 413 g/mol. The van der Waals surface area contributed by atoms with Gasteiger partial charge in [-0.3, -0.25) is 9.69 Å². The van der Waals surface area contributed by atoms with Crippen molar-refractivity contribution in [1.82, 2.24) is 25.2 Å². The summed E-state index contributed by atoms with van der Waals surface area (Å²) in [7, 11) is 0. The Bertz CT molecular complexity index is 912. The van der Waals surface area contributed by atoms with Gasteiger partial charge in [-0.25, -0.2) is 15.0 Å². The van der Waals surface area contributed by atoms with Gasteiger partial charge in [0, 0.05) is 35.1 Å². The third-order valence-electron chi connectivity index (χ3n) is 4.50. The number of amides is 1. The molecule has 3 rings (SSSR count). The number of piperidine rings is 1. The predicted molar refractivity (Wildman–Crippen MR) is 113 cm³/mol. The molecule has 1 saturated heterocycles. The topological polar surface area (TPSA) is 107 Å². The Morgan fingerprint density at radius 1 is 1.38 bits per heavy atom. The number of carbonyl (C=O) groups excluding carboxylic acids is 1. The molecule has 0 aromatic carbocycles. The lowest BCUT2D eigenvalue weighted by Gasteiger charge is -2.30. The predicted octanol–water partition coefficient (Wildman–Crippen LogP) is 3.22. The molecule has 0 bridgehead atoms. The summed E-state index contributed by atoms with van der Waals surface area (Å²) in [5, 5.41) is 17.4. The molecule has 2 N–H and O–H groups in total. The van der Waals surface area contributed by atoms with Crippen LogP contribution >= 0.6 is 11.3 Å². The molecule has 1 aliphatic heterocycles. The number of carbonyl (C=O) groups is 1. The fourth-order valence-electron chi connectivity index (χ4n) is 3.30. The number of rotatable bonds is 5. The third-order valence-corrected chi connectivity index (χ3v) is 5.25. The Kier molecular flexibility index (Phi) is 6.45. The van der Waals surface area contributed by atoms with E-state index >= 15 is 0 Å². The average Bonchev–Trinajstić information content (AvgIpc) is 3.09. The van der Waals surface area contributed by atoms with Crippen LogP contribution in [-0.4, -0.2) is 50.9 Å². The maximum Gasteiger partial charge on any atom is 0.271 e. The Hall–Kier alpha value is -2.57. The zero-order valence-corrected chi connectivity index (χ0v) is 18.1. The van der Waals surface area contributed by atoms with Crippen LogP contribution < -0.4 is 10.6 Å². The number of nitrogens with zero attached hydrogens (tertiary/aromatic N) is 5. The maximum atomic E-state index is 12.3. The molecule has 1 amide bonds. The van der Waals surface area contributed by atoms with E-state index in [4.69, 9.17) is 10.2 Å². The molecule has 2 aromatic rings. The lowest BCUT2D eigenvalue weighted by Crippen LogP contribution is -2.40. The van der Waals surface area contributed by atoms with E-state index < -0.39 is 0 Å². The molecule has 0 unspecified atom stereocenters. The van der Waals surface area contributed by atoms with Crippen molar-refractivity contribution in [3.05, 3.63) is 28.7 Å². The molecule has 154 valence electrons. The van der Waals surface area contributed by atoms with Gasteiger partial charge in [0.15, 0.2) is 5.13 Å². The van der Waals surface area contributed by atoms with Gasteiger partial charge in [-0.05, 0) is 47.1 Å². The van der Waals surface area contributed by atoms with E-state index in [1.54, 1.807) is 5.38 Å². The van der Waals surface area contributed by atoms with Crippen LogP contribution in [0.2, 0.25) is 0 Å². The number of likely N-dealkylation sites (tertiary alicyclic amines) is 1. The van der Waals surface area contributed by atoms with Gasteiger partial charge in [-0.2, -0.15) is 5.26 Å². The second-order valence-corrected chi connectivity index (χ2v) is 9.21. The molecule has 1 fully saturated rings. The van der Waals surface area contributed by atoms with E-state index in [-0.39, 0.29) is 17.4 Å². The smallest absolute Gasteiger partial charge is 0.271 e. The van der Waals surface area contributed by atoms with Crippen LogP contribution in [0.3, 0.4) is 0 Å². The van der Waals surface area contributed by atoms with Crippen molar-refractivity contribution in [3.8, 4) is 6.07 Å². The summed E-state index contributed by atoms with van der Waals surface area (Å²) in [4.78, 5) is 28.1. The number of hydrogen-bond acceptors (Lipinski definition) is 8. The number of thiazole rings is 1. The van der Waals surface area contributed by atoms with Gasteiger partial charge in [0.1, 0.15) is 17.3 Å². The number of hydrogen-bond donors (Lipinski definition) is 2. The van der Waals surface area contributed by atoms with Crippen molar-refractivity contribution < 1.29 is 4.79 Å². The molecule has 0 saturated carbocycles. The van der Waals surface area contributed by atoms with Crippen molar-refractivity contribution in [2.75, 3.05) is 25.0 Å². The van der Waals surface area contributed by atoms with E-state index in [1.807, 2.05) is 33.8 Å². The van der Waals surface area contributed by atoms with E-state index in [1.165, 1.54) is 11.3 Å². The maximum absolute atomic E-state index is 12.3. The molecule has 0 radical (unpaired) electrons. The first-order valence-electron chi connectivity index (χ1n) is 9.73. The highest BCUT2D eigenvalue weighted by Gasteiger charge is 2.24. The molecule has 2 aromatic heterocycles. The minimum Gasteiger partial charge on any atom is -0.346 e. The summed E-state index contributed by atoms with van der Waals surface area (Å²) in [6, 6.07) is 4.09. The van der Waals surface area contributed by atoms with Gasteiger partial charge in [-0.15, -0.1) is 11.3 Å². The van der Waals surface area contributed by atoms with Crippen molar-refractivity contribution in [2.45, 2.75) is 52.0 Å².